The highest BCUT2D eigenvalue weighted by Gasteiger charge is 2.23. The predicted octanol–water partition coefficient (Wildman–Crippen LogP) is 1.87. The molecular weight excluding hydrogens is 498 g/mol. The Labute approximate surface area is 205 Å². The van der Waals surface area contributed by atoms with Crippen LogP contribution in [0.25, 0.3) is 5.70 Å². The van der Waals surface area contributed by atoms with E-state index in [1.165, 1.54) is 18.4 Å². The van der Waals surface area contributed by atoms with Crippen molar-refractivity contribution in [2.45, 2.75) is 25.0 Å². The maximum absolute atomic E-state index is 14.3. The summed E-state index contributed by atoms with van der Waals surface area (Å²) in [5, 5.41) is 18.7. The number of aromatic nitrogens is 3. The number of sulfone groups is 1. The van der Waals surface area contributed by atoms with E-state index in [4.69, 9.17) is 10.3 Å². The minimum atomic E-state index is -3.44. The zero-order chi connectivity index (χ0) is 26.3. The number of anilines is 1. The SMILES string of the molecule is CS(=O)(=O)CCC(Nc1nc(C(N)/C=C(\NCc2ccccc2F)c2ccon2)ncc1F)C(=O)O. The van der Waals surface area contributed by atoms with Crippen LogP contribution in [0.3, 0.4) is 0 Å². The molecule has 0 bridgehead atoms. The molecule has 2 atom stereocenters. The van der Waals surface area contributed by atoms with Crippen molar-refractivity contribution >= 4 is 27.3 Å². The fraction of sp³-hybridized carbons (Fsp3) is 0.273. The van der Waals surface area contributed by atoms with Crippen LogP contribution < -0.4 is 16.4 Å². The summed E-state index contributed by atoms with van der Waals surface area (Å²) in [5.41, 5.74) is 7.31. The summed E-state index contributed by atoms with van der Waals surface area (Å²) < 4.78 is 56.0. The largest absolute Gasteiger partial charge is 0.480 e. The smallest absolute Gasteiger partial charge is 0.326 e. The second kappa shape index (κ2) is 11.7. The number of carboxylic acid groups (broad SMARTS) is 1. The third-order valence-electron chi connectivity index (χ3n) is 4.93. The number of carboxylic acids is 1. The van der Waals surface area contributed by atoms with Crippen LogP contribution in [-0.2, 0) is 21.2 Å². The molecule has 0 saturated carbocycles. The van der Waals surface area contributed by atoms with Crippen LogP contribution in [0, 0.1) is 11.6 Å². The van der Waals surface area contributed by atoms with Crippen molar-refractivity contribution in [3.63, 3.8) is 0 Å². The van der Waals surface area contributed by atoms with Gasteiger partial charge in [0.25, 0.3) is 0 Å². The van der Waals surface area contributed by atoms with E-state index in [2.05, 4.69) is 25.8 Å². The maximum Gasteiger partial charge on any atom is 0.326 e. The molecule has 0 spiro atoms. The van der Waals surface area contributed by atoms with Gasteiger partial charge in [0, 0.05) is 24.4 Å². The van der Waals surface area contributed by atoms with Crippen LogP contribution in [0.1, 0.15) is 29.5 Å². The molecule has 0 radical (unpaired) electrons. The molecule has 3 rings (SSSR count). The molecule has 0 aliphatic rings. The summed E-state index contributed by atoms with van der Waals surface area (Å²) in [4.78, 5) is 19.4. The quantitative estimate of drug-likeness (QED) is 0.273. The van der Waals surface area contributed by atoms with Crippen LogP contribution in [0.15, 0.2) is 53.4 Å². The highest BCUT2D eigenvalue weighted by Crippen LogP contribution is 2.19. The van der Waals surface area contributed by atoms with Gasteiger partial charge in [-0.1, -0.05) is 23.4 Å². The molecule has 0 saturated heterocycles. The molecule has 11 nitrogen and oxygen atoms in total. The van der Waals surface area contributed by atoms with Crippen molar-refractivity contribution in [3.05, 3.63) is 77.6 Å². The van der Waals surface area contributed by atoms with E-state index in [1.807, 2.05) is 0 Å². The fourth-order valence-corrected chi connectivity index (χ4v) is 3.73. The van der Waals surface area contributed by atoms with Gasteiger partial charge in [0.1, 0.15) is 33.7 Å². The Kier molecular flexibility index (Phi) is 8.66. The van der Waals surface area contributed by atoms with Crippen molar-refractivity contribution in [1.82, 2.24) is 20.4 Å². The van der Waals surface area contributed by atoms with Crippen LogP contribution in [0.5, 0.6) is 0 Å². The number of rotatable bonds is 12. The number of hydrogen-bond donors (Lipinski definition) is 4. The first kappa shape index (κ1) is 26.7. The van der Waals surface area contributed by atoms with Gasteiger partial charge in [-0.15, -0.1) is 0 Å². The van der Waals surface area contributed by atoms with Crippen LogP contribution >= 0.6 is 0 Å². The lowest BCUT2D eigenvalue weighted by Gasteiger charge is -2.17. The second-order valence-corrected chi connectivity index (χ2v) is 10.1. The number of nitrogens with zero attached hydrogens (tertiary/aromatic N) is 3. The number of benzene rings is 1. The van der Waals surface area contributed by atoms with Crippen molar-refractivity contribution in [1.29, 1.82) is 0 Å². The van der Waals surface area contributed by atoms with E-state index in [9.17, 15) is 27.1 Å². The average molecular weight is 523 g/mol. The van der Waals surface area contributed by atoms with Crippen molar-refractivity contribution in [2.24, 2.45) is 5.73 Å². The minimum absolute atomic E-state index is 0.0696. The summed E-state index contributed by atoms with van der Waals surface area (Å²) in [7, 11) is -3.44. The molecule has 0 fully saturated rings. The molecule has 0 aliphatic heterocycles. The average Bonchev–Trinajstić information content (AvgIpc) is 3.35. The zero-order valence-corrected chi connectivity index (χ0v) is 19.9. The highest BCUT2D eigenvalue weighted by atomic mass is 32.2. The molecule has 192 valence electrons. The van der Waals surface area contributed by atoms with E-state index in [0.29, 0.717) is 17.0 Å². The molecule has 1 aromatic carbocycles. The zero-order valence-electron chi connectivity index (χ0n) is 19.1. The summed E-state index contributed by atoms with van der Waals surface area (Å²) in [6, 6.07) is 5.28. The first-order chi connectivity index (χ1) is 17.0. The van der Waals surface area contributed by atoms with Gasteiger partial charge in [-0.2, -0.15) is 0 Å². The summed E-state index contributed by atoms with van der Waals surface area (Å²) in [6.07, 6.45) is 4.27. The first-order valence-electron chi connectivity index (χ1n) is 10.6. The number of halogens is 2. The Bertz CT molecular complexity index is 1330. The second-order valence-electron chi connectivity index (χ2n) is 7.81. The Balaban J connectivity index is 1.83. The van der Waals surface area contributed by atoms with Gasteiger partial charge < -0.3 is 26.0 Å². The molecule has 14 heteroatoms. The Morgan fingerprint density at radius 1 is 1.25 bits per heavy atom. The van der Waals surface area contributed by atoms with Crippen molar-refractivity contribution in [2.75, 3.05) is 17.3 Å². The van der Waals surface area contributed by atoms with Gasteiger partial charge in [0.05, 0.1) is 23.7 Å². The fourth-order valence-electron chi connectivity index (χ4n) is 3.07. The molecule has 2 unspecified atom stereocenters. The number of nitrogens with two attached hydrogens (primary N) is 1. The van der Waals surface area contributed by atoms with E-state index >= 15 is 0 Å². The van der Waals surface area contributed by atoms with Crippen molar-refractivity contribution < 1.29 is 31.6 Å². The van der Waals surface area contributed by atoms with Gasteiger partial charge in [0.2, 0.25) is 0 Å². The lowest BCUT2D eigenvalue weighted by atomic mass is 10.1. The minimum Gasteiger partial charge on any atom is -0.480 e. The van der Waals surface area contributed by atoms with Crippen LogP contribution in [-0.4, -0.2) is 52.7 Å². The Morgan fingerprint density at radius 3 is 2.64 bits per heavy atom. The number of nitrogens with one attached hydrogen (secondary N) is 2. The van der Waals surface area contributed by atoms with E-state index in [0.717, 1.165) is 12.5 Å². The molecule has 2 aromatic heterocycles. The summed E-state index contributed by atoms with van der Waals surface area (Å²) in [6.45, 7) is 0.0931. The summed E-state index contributed by atoms with van der Waals surface area (Å²) >= 11 is 0. The molecule has 5 N–H and O–H groups in total. The van der Waals surface area contributed by atoms with E-state index < -0.39 is 51.1 Å². The van der Waals surface area contributed by atoms with Gasteiger partial charge in [-0.25, -0.2) is 32.0 Å². The lowest BCUT2D eigenvalue weighted by molar-refractivity contribution is -0.137. The molecular formula is C22H24F2N6O5S. The summed E-state index contributed by atoms with van der Waals surface area (Å²) in [5.74, 6) is -3.68. The van der Waals surface area contributed by atoms with E-state index in [1.54, 1.807) is 24.3 Å². The normalized spacial score (nSPS) is 13.7. The molecule has 0 aliphatic carbocycles. The maximum atomic E-state index is 14.3. The number of aliphatic carboxylic acids is 1. The molecule has 0 amide bonds. The van der Waals surface area contributed by atoms with Gasteiger partial charge >= 0.3 is 5.97 Å². The lowest BCUT2D eigenvalue weighted by Crippen LogP contribution is -2.32. The van der Waals surface area contributed by atoms with Gasteiger partial charge in [-0.3, -0.25) is 0 Å². The standard InChI is InChI=1S/C22H24F2N6O5S/c1-36(33,34)9-7-18(22(31)32)28-20-15(24)12-27-21(29-20)16(25)10-19(17-6-8-35-30-17)26-11-13-4-2-3-5-14(13)23/h2-6,8,10,12,16,18,26H,7,9,11,25H2,1H3,(H,31,32)(H,27,28,29)/b19-10-. The van der Waals surface area contributed by atoms with Crippen LogP contribution in [0.4, 0.5) is 14.6 Å². The highest BCUT2D eigenvalue weighted by molar-refractivity contribution is 7.90. The monoisotopic (exact) mass is 522 g/mol. The van der Waals surface area contributed by atoms with Crippen molar-refractivity contribution in [3.8, 4) is 0 Å². The van der Waals surface area contributed by atoms with Gasteiger partial charge in [-0.05, 0) is 18.6 Å². The molecule has 2 heterocycles. The van der Waals surface area contributed by atoms with Gasteiger partial charge in [0.15, 0.2) is 17.5 Å². The number of carbonyl (C=O) groups is 1. The first-order valence-corrected chi connectivity index (χ1v) is 12.6. The third-order valence-corrected chi connectivity index (χ3v) is 5.91. The molecule has 3 aromatic rings. The van der Waals surface area contributed by atoms with E-state index in [-0.39, 0.29) is 18.8 Å². The number of hydrogen-bond acceptors (Lipinski definition) is 10. The Hall–Kier alpha value is -3.91. The topological polar surface area (TPSA) is 173 Å². The van der Waals surface area contributed by atoms with Crippen LogP contribution in [0.2, 0.25) is 0 Å². The third kappa shape index (κ3) is 7.55. The molecule has 36 heavy (non-hydrogen) atoms. The Morgan fingerprint density at radius 2 is 2.00 bits per heavy atom. The predicted molar refractivity (Wildman–Crippen MR) is 126 cm³/mol.